The van der Waals surface area contributed by atoms with Crippen molar-refractivity contribution in [3.05, 3.63) is 26.6 Å². The summed E-state index contributed by atoms with van der Waals surface area (Å²) in [5.74, 6) is 0.101. The maximum atomic E-state index is 12.1. The van der Waals surface area contributed by atoms with Gasteiger partial charge in [-0.3, -0.25) is 9.59 Å². The predicted molar refractivity (Wildman–Crippen MR) is 82.7 cm³/mol. The molecule has 0 bridgehead atoms. The monoisotopic (exact) mass is 312 g/mol. The Bertz CT molecular complexity index is 705. The van der Waals surface area contributed by atoms with Gasteiger partial charge in [0.15, 0.2) is 0 Å². The molecule has 7 heteroatoms. The van der Waals surface area contributed by atoms with Crippen LogP contribution in [0.5, 0.6) is 0 Å². The van der Waals surface area contributed by atoms with Crippen LogP contribution in [-0.4, -0.2) is 26.3 Å². The molecule has 0 amide bonds. The number of H-pyrrole nitrogens is 1. The van der Waals surface area contributed by atoms with Gasteiger partial charge in [-0.1, -0.05) is 6.92 Å². The van der Waals surface area contributed by atoms with E-state index >= 15 is 0 Å². The van der Waals surface area contributed by atoms with Gasteiger partial charge < -0.3 is 10.1 Å². The van der Waals surface area contributed by atoms with Crippen molar-refractivity contribution in [1.82, 2.24) is 9.97 Å². The minimum atomic E-state index is -0.830. The molecular formula is C13H16N2O3S2. The van der Waals surface area contributed by atoms with Crippen LogP contribution >= 0.6 is 23.1 Å². The summed E-state index contributed by atoms with van der Waals surface area (Å²) >= 11 is 2.78. The number of nitrogens with zero attached hydrogens (tertiary/aromatic N) is 1. The lowest BCUT2D eigenvalue weighted by atomic mass is 10.2. The highest BCUT2D eigenvalue weighted by Gasteiger charge is 2.17. The summed E-state index contributed by atoms with van der Waals surface area (Å²) < 4.78 is 0. The third-order valence-corrected chi connectivity index (χ3v) is 5.63. The number of thiophene rings is 1. The van der Waals surface area contributed by atoms with E-state index < -0.39 is 11.2 Å². The topological polar surface area (TPSA) is 83.0 Å². The number of hydrogen-bond donors (Lipinski definition) is 2. The zero-order valence-electron chi connectivity index (χ0n) is 11.5. The van der Waals surface area contributed by atoms with Crippen molar-refractivity contribution in [3.63, 3.8) is 0 Å². The van der Waals surface area contributed by atoms with Gasteiger partial charge >= 0.3 is 5.97 Å². The molecule has 0 saturated carbocycles. The summed E-state index contributed by atoms with van der Waals surface area (Å²) in [6.45, 7) is 5.71. The molecule has 0 fully saturated rings. The highest BCUT2D eigenvalue weighted by molar-refractivity contribution is 7.99. The molecule has 0 aliphatic heterocycles. The van der Waals surface area contributed by atoms with E-state index in [1.54, 1.807) is 0 Å². The minimum Gasteiger partial charge on any atom is -0.480 e. The number of carbonyl (C=O) groups is 1. The van der Waals surface area contributed by atoms with Crippen molar-refractivity contribution in [2.75, 3.05) is 0 Å². The lowest BCUT2D eigenvalue weighted by Gasteiger charge is -2.08. The number of thioether (sulfide) groups is 1. The molecule has 2 N–H and O–H groups in total. The van der Waals surface area contributed by atoms with Crippen LogP contribution in [0.1, 0.15) is 29.6 Å². The molecule has 2 heterocycles. The summed E-state index contributed by atoms with van der Waals surface area (Å²) in [5, 5.41) is 9.18. The van der Waals surface area contributed by atoms with Gasteiger partial charge in [-0.05, 0) is 25.8 Å². The zero-order chi connectivity index (χ0) is 14.9. The molecule has 2 aromatic heterocycles. The van der Waals surface area contributed by atoms with E-state index in [4.69, 9.17) is 5.11 Å². The smallest absolute Gasteiger partial charge is 0.316 e. The highest BCUT2D eigenvalue weighted by atomic mass is 32.2. The summed E-state index contributed by atoms with van der Waals surface area (Å²) in [6.07, 6.45) is 0.545. The van der Waals surface area contributed by atoms with Gasteiger partial charge in [0, 0.05) is 4.88 Å². The lowest BCUT2D eigenvalue weighted by molar-refractivity contribution is -0.136. The number of nitrogens with one attached hydrogen (secondary N) is 1. The quantitative estimate of drug-likeness (QED) is 0.887. The van der Waals surface area contributed by atoms with Crippen LogP contribution in [0.2, 0.25) is 0 Å². The van der Waals surface area contributed by atoms with Crippen molar-refractivity contribution in [1.29, 1.82) is 0 Å². The average Bonchev–Trinajstić information content (AvgIpc) is 2.65. The first-order valence-corrected chi connectivity index (χ1v) is 8.13. The van der Waals surface area contributed by atoms with Gasteiger partial charge in [0.25, 0.3) is 5.56 Å². The van der Waals surface area contributed by atoms with Gasteiger partial charge in [0.2, 0.25) is 0 Å². The standard InChI is InChI=1S/C13H16N2O3S2/c1-4-8(13(17)18)19-5-9-14-11(16)10-6(2)7(3)20-12(10)15-9/h8H,4-5H2,1-3H3,(H,17,18)(H,14,15,16). The number of carboxylic acids is 1. The molecule has 20 heavy (non-hydrogen) atoms. The molecule has 0 aliphatic rings. The number of fused-ring (bicyclic) bond motifs is 1. The Morgan fingerprint density at radius 2 is 2.20 bits per heavy atom. The molecule has 0 aliphatic carbocycles. The Morgan fingerprint density at radius 3 is 2.80 bits per heavy atom. The van der Waals surface area contributed by atoms with Crippen LogP contribution in [0, 0.1) is 13.8 Å². The van der Waals surface area contributed by atoms with Crippen molar-refractivity contribution in [3.8, 4) is 0 Å². The second-order valence-electron chi connectivity index (χ2n) is 4.52. The number of aromatic nitrogens is 2. The van der Waals surface area contributed by atoms with Crippen LogP contribution in [0.3, 0.4) is 0 Å². The average molecular weight is 312 g/mol. The Hall–Kier alpha value is -1.34. The maximum absolute atomic E-state index is 12.1. The maximum Gasteiger partial charge on any atom is 0.316 e. The SMILES string of the molecule is CCC(SCc1nc2sc(C)c(C)c2c(=O)[nH]1)C(=O)O. The van der Waals surface area contributed by atoms with E-state index in [0.29, 0.717) is 23.4 Å². The molecule has 0 radical (unpaired) electrons. The number of aromatic amines is 1. The first-order valence-electron chi connectivity index (χ1n) is 6.27. The molecule has 2 rings (SSSR count). The highest BCUT2D eigenvalue weighted by Crippen LogP contribution is 2.26. The fourth-order valence-corrected chi connectivity index (χ4v) is 3.83. The third kappa shape index (κ3) is 2.88. The molecule has 5 nitrogen and oxygen atoms in total. The number of aliphatic carboxylic acids is 1. The summed E-state index contributed by atoms with van der Waals surface area (Å²) in [4.78, 5) is 32.0. The van der Waals surface area contributed by atoms with E-state index in [9.17, 15) is 9.59 Å². The second-order valence-corrected chi connectivity index (χ2v) is 6.92. The molecule has 0 spiro atoms. The summed E-state index contributed by atoms with van der Waals surface area (Å²) in [5.41, 5.74) is 0.825. The van der Waals surface area contributed by atoms with Crippen LogP contribution in [0.25, 0.3) is 10.2 Å². The van der Waals surface area contributed by atoms with Gasteiger partial charge in [0.1, 0.15) is 15.9 Å². The third-order valence-electron chi connectivity index (χ3n) is 3.16. The fraction of sp³-hybridized carbons (Fsp3) is 0.462. The number of hydrogen-bond acceptors (Lipinski definition) is 5. The van der Waals surface area contributed by atoms with Crippen LogP contribution in [0.4, 0.5) is 0 Å². The Kier molecular flexibility index (Phi) is 4.49. The van der Waals surface area contributed by atoms with Crippen molar-refractivity contribution < 1.29 is 9.90 Å². The number of carboxylic acid groups (broad SMARTS) is 1. The Morgan fingerprint density at radius 1 is 1.50 bits per heavy atom. The zero-order valence-corrected chi connectivity index (χ0v) is 13.2. The van der Waals surface area contributed by atoms with E-state index in [1.807, 2.05) is 20.8 Å². The molecule has 0 saturated heterocycles. The Labute approximate surface area is 124 Å². The molecular weight excluding hydrogens is 296 g/mol. The predicted octanol–water partition coefficient (Wildman–Crippen LogP) is 2.70. The molecule has 108 valence electrons. The summed E-state index contributed by atoms with van der Waals surface area (Å²) in [6, 6.07) is 0. The minimum absolute atomic E-state index is 0.143. The van der Waals surface area contributed by atoms with Gasteiger partial charge in [-0.2, -0.15) is 0 Å². The lowest BCUT2D eigenvalue weighted by Crippen LogP contribution is -2.16. The van der Waals surface area contributed by atoms with Crippen LogP contribution in [0.15, 0.2) is 4.79 Å². The fourth-order valence-electron chi connectivity index (χ4n) is 1.91. The van der Waals surface area contributed by atoms with Crippen molar-refractivity contribution in [2.24, 2.45) is 0 Å². The first-order chi connectivity index (χ1) is 9.43. The Balaban J connectivity index is 2.28. The van der Waals surface area contributed by atoms with E-state index in [0.717, 1.165) is 15.3 Å². The van der Waals surface area contributed by atoms with E-state index in [2.05, 4.69) is 9.97 Å². The molecule has 1 unspecified atom stereocenters. The number of rotatable bonds is 5. The second kappa shape index (κ2) is 5.97. The van der Waals surface area contributed by atoms with Gasteiger partial charge in [-0.15, -0.1) is 23.1 Å². The molecule has 2 aromatic rings. The largest absolute Gasteiger partial charge is 0.480 e. The van der Waals surface area contributed by atoms with E-state index in [1.165, 1.54) is 23.1 Å². The van der Waals surface area contributed by atoms with Crippen LogP contribution < -0.4 is 5.56 Å². The van der Waals surface area contributed by atoms with Gasteiger partial charge in [-0.25, -0.2) is 4.98 Å². The van der Waals surface area contributed by atoms with Crippen molar-refractivity contribution >= 4 is 39.3 Å². The first kappa shape index (κ1) is 15.1. The van der Waals surface area contributed by atoms with Crippen molar-refractivity contribution in [2.45, 2.75) is 38.2 Å². The van der Waals surface area contributed by atoms with E-state index in [-0.39, 0.29) is 5.56 Å². The normalized spacial score (nSPS) is 12.8. The molecule has 0 aromatic carbocycles. The molecule has 1 atom stereocenters. The van der Waals surface area contributed by atoms with Crippen LogP contribution in [-0.2, 0) is 10.5 Å². The summed E-state index contributed by atoms with van der Waals surface area (Å²) in [7, 11) is 0. The number of aryl methyl sites for hydroxylation is 2. The van der Waals surface area contributed by atoms with Gasteiger partial charge in [0.05, 0.1) is 11.1 Å².